The van der Waals surface area contributed by atoms with Gasteiger partial charge >= 0.3 is 5.97 Å². The molecule has 0 bridgehead atoms. The van der Waals surface area contributed by atoms with Gasteiger partial charge in [-0.25, -0.2) is 4.98 Å². The molecule has 0 aliphatic carbocycles. The Hall–Kier alpha value is -1.14. The van der Waals surface area contributed by atoms with Crippen molar-refractivity contribution >= 4 is 22.4 Å². The van der Waals surface area contributed by atoms with Crippen molar-refractivity contribution in [1.29, 1.82) is 0 Å². The van der Waals surface area contributed by atoms with Crippen molar-refractivity contribution in [3.05, 3.63) is 11.1 Å². The second-order valence-corrected chi connectivity index (χ2v) is 4.02. The number of nitrogens with zero attached hydrogens (tertiary/aromatic N) is 1. The number of carboxylic acid groups (broad SMARTS) is 1. The highest BCUT2D eigenvalue weighted by atomic mass is 32.1. The lowest BCUT2D eigenvalue weighted by Gasteiger charge is -2.01. The van der Waals surface area contributed by atoms with Crippen LogP contribution in [0.25, 0.3) is 0 Å². The van der Waals surface area contributed by atoms with Gasteiger partial charge in [0.1, 0.15) is 0 Å². The van der Waals surface area contributed by atoms with Crippen LogP contribution in [0, 0.1) is 0 Å². The van der Waals surface area contributed by atoms with Crippen LogP contribution in [0.15, 0.2) is 5.38 Å². The Balaban J connectivity index is 2.25. The van der Waals surface area contributed by atoms with Gasteiger partial charge in [0.05, 0.1) is 18.7 Å². The van der Waals surface area contributed by atoms with E-state index in [1.165, 1.54) is 11.3 Å². The van der Waals surface area contributed by atoms with E-state index in [1.54, 1.807) is 0 Å². The van der Waals surface area contributed by atoms with Gasteiger partial charge in [0, 0.05) is 25.0 Å². The third kappa shape index (κ3) is 5.09. The summed E-state index contributed by atoms with van der Waals surface area (Å²) in [5, 5.41) is 14.3. The fourth-order valence-electron chi connectivity index (χ4n) is 1.11. The number of ether oxygens (including phenoxy) is 1. The van der Waals surface area contributed by atoms with E-state index in [0.29, 0.717) is 19.6 Å². The van der Waals surface area contributed by atoms with Crippen LogP contribution in [-0.2, 0) is 16.0 Å². The first-order valence-electron chi connectivity index (χ1n) is 5.20. The van der Waals surface area contributed by atoms with Crippen LogP contribution in [-0.4, -0.2) is 35.8 Å². The number of rotatable bonds is 8. The van der Waals surface area contributed by atoms with Gasteiger partial charge in [-0.2, -0.15) is 0 Å². The molecule has 0 saturated carbocycles. The summed E-state index contributed by atoms with van der Waals surface area (Å²) in [5.74, 6) is -0.793. The number of nitrogens with one attached hydrogen (secondary N) is 1. The third-order valence-corrected chi connectivity index (χ3v) is 2.72. The second kappa shape index (κ2) is 7.19. The summed E-state index contributed by atoms with van der Waals surface area (Å²) >= 11 is 1.49. The Morgan fingerprint density at radius 1 is 1.69 bits per heavy atom. The van der Waals surface area contributed by atoms with Crippen LogP contribution in [0.3, 0.4) is 0 Å². The standard InChI is InChI=1S/C10H16N2O3S/c1-2-15-6-5-11-10-12-8(7-16-10)3-4-9(13)14/h7H,2-6H2,1H3,(H,11,12)(H,13,14). The van der Waals surface area contributed by atoms with Gasteiger partial charge < -0.3 is 15.2 Å². The summed E-state index contributed by atoms with van der Waals surface area (Å²) in [5.41, 5.74) is 0.825. The smallest absolute Gasteiger partial charge is 0.303 e. The zero-order valence-corrected chi connectivity index (χ0v) is 10.0. The van der Waals surface area contributed by atoms with Crippen molar-refractivity contribution in [3.63, 3.8) is 0 Å². The molecule has 0 saturated heterocycles. The molecular formula is C10H16N2O3S. The lowest BCUT2D eigenvalue weighted by molar-refractivity contribution is -0.136. The fraction of sp³-hybridized carbons (Fsp3) is 0.600. The number of carbonyl (C=O) groups is 1. The Morgan fingerprint density at radius 3 is 3.19 bits per heavy atom. The summed E-state index contributed by atoms with van der Waals surface area (Å²) in [6.07, 6.45) is 0.612. The molecule has 5 nitrogen and oxygen atoms in total. The van der Waals surface area contributed by atoms with Crippen molar-refractivity contribution in [2.75, 3.05) is 25.1 Å². The maximum Gasteiger partial charge on any atom is 0.303 e. The van der Waals surface area contributed by atoms with E-state index < -0.39 is 5.97 Å². The molecule has 1 aromatic rings. The fourth-order valence-corrected chi connectivity index (χ4v) is 1.89. The average molecular weight is 244 g/mol. The molecule has 0 amide bonds. The largest absolute Gasteiger partial charge is 0.481 e. The molecule has 0 aliphatic heterocycles. The number of aryl methyl sites for hydroxylation is 1. The predicted molar refractivity (Wildman–Crippen MR) is 63.1 cm³/mol. The van der Waals surface area contributed by atoms with Crippen LogP contribution < -0.4 is 5.32 Å². The van der Waals surface area contributed by atoms with E-state index in [2.05, 4.69) is 10.3 Å². The molecule has 0 atom stereocenters. The predicted octanol–water partition coefficient (Wildman–Crippen LogP) is 1.61. The summed E-state index contributed by atoms with van der Waals surface area (Å²) in [4.78, 5) is 14.6. The van der Waals surface area contributed by atoms with Crippen molar-refractivity contribution in [1.82, 2.24) is 4.98 Å². The van der Waals surface area contributed by atoms with Gasteiger partial charge in [-0.3, -0.25) is 4.79 Å². The maximum atomic E-state index is 10.4. The Morgan fingerprint density at radius 2 is 2.50 bits per heavy atom. The first-order chi connectivity index (χ1) is 7.72. The highest BCUT2D eigenvalue weighted by molar-refractivity contribution is 7.13. The molecule has 0 radical (unpaired) electrons. The van der Waals surface area contributed by atoms with Gasteiger partial charge in [-0.1, -0.05) is 0 Å². The van der Waals surface area contributed by atoms with E-state index in [4.69, 9.17) is 9.84 Å². The number of hydrogen-bond donors (Lipinski definition) is 2. The first kappa shape index (κ1) is 12.9. The summed E-state index contributed by atoms with van der Waals surface area (Å²) < 4.78 is 5.18. The maximum absolute atomic E-state index is 10.4. The van der Waals surface area contributed by atoms with Crippen LogP contribution in [0.5, 0.6) is 0 Å². The Kier molecular flexibility index (Phi) is 5.81. The highest BCUT2D eigenvalue weighted by Crippen LogP contribution is 2.16. The molecule has 0 spiro atoms. The molecule has 0 unspecified atom stereocenters. The van der Waals surface area contributed by atoms with Gasteiger partial charge in [0.2, 0.25) is 0 Å². The Labute approximate surface area is 98.5 Å². The molecule has 2 N–H and O–H groups in total. The zero-order chi connectivity index (χ0) is 11.8. The summed E-state index contributed by atoms with van der Waals surface area (Å²) in [7, 11) is 0. The van der Waals surface area contributed by atoms with E-state index in [9.17, 15) is 4.79 Å². The molecule has 16 heavy (non-hydrogen) atoms. The van der Waals surface area contributed by atoms with E-state index >= 15 is 0 Å². The summed E-state index contributed by atoms with van der Waals surface area (Å²) in [6, 6.07) is 0. The normalized spacial score (nSPS) is 10.3. The van der Waals surface area contributed by atoms with Gasteiger partial charge in [0.25, 0.3) is 0 Å². The average Bonchev–Trinajstić information content (AvgIpc) is 2.70. The second-order valence-electron chi connectivity index (χ2n) is 3.16. The molecule has 90 valence electrons. The molecule has 0 fully saturated rings. The SMILES string of the molecule is CCOCCNc1nc(CCC(=O)O)cs1. The van der Waals surface area contributed by atoms with E-state index in [1.807, 2.05) is 12.3 Å². The van der Waals surface area contributed by atoms with Crippen molar-refractivity contribution in [3.8, 4) is 0 Å². The van der Waals surface area contributed by atoms with Crippen LogP contribution in [0.4, 0.5) is 5.13 Å². The van der Waals surface area contributed by atoms with E-state index in [-0.39, 0.29) is 6.42 Å². The molecule has 1 heterocycles. The Bertz CT molecular complexity index is 328. The quantitative estimate of drug-likeness (QED) is 0.680. The molecule has 1 rings (SSSR count). The molecular weight excluding hydrogens is 228 g/mol. The highest BCUT2D eigenvalue weighted by Gasteiger charge is 2.03. The lowest BCUT2D eigenvalue weighted by Crippen LogP contribution is -2.09. The van der Waals surface area contributed by atoms with E-state index in [0.717, 1.165) is 17.4 Å². The minimum absolute atomic E-state index is 0.127. The number of aromatic nitrogens is 1. The first-order valence-corrected chi connectivity index (χ1v) is 6.08. The number of anilines is 1. The molecule has 0 aromatic carbocycles. The van der Waals surface area contributed by atoms with Crippen molar-refractivity contribution in [2.45, 2.75) is 19.8 Å². The monoisotopic (exact) mass is 244 g/mol. The number of aliphatic carboxylic acids is 1. The zero-order valence-electron chi connectivity index (χ0n) is 9.23. The minimum Gasteiger partial charge on any atom is -0.481 e. The molecule has 1 aromatic heterocycles. The van der Waals surface area contributed by atoms with Crippen LogP contribution in [0.2, 0.25) is 0 Å². The van der Waals surface area contributed by atoms with Crippen molar-refractivity contribution < 1.29 is 14.6 Å². The van der Waals surface area contributed by atoms with Gasteiger partial charge in [-0.05, 0) is 6.92 Å². The number of carboxylic acids is 1. The minimum atomic E-state index is -0.793. The van der Waals surface area contributed by atoms with Crippen LogP contribution >= 0.6 is 11.3 Å². The van der Waals surface area contributed by atoms with Gasteiger partial charge in [-0.15, -0.1) is 11.3 Å². The topological polar surface area (TPSA) is 71.5 Å². The van der Waals surface area contributed by atoms with Crippen molar-refractivity contribution in [2.24, 2.45) is 0 Å². The number of thiazole rings is 1. The number of hydrogen-bond acceptors (Lipinski definition) is 5. The summed E-state index contributed by atoms with van der Waals surface area (Å²) in [6.45, 7) is 4.04. The van der Waals surface area contributed by atoms with Crippen LogP contribution in [0.1, 0.15) is 19.0 Å². The van der Waals surface area contributed by atoms with Gasteiger partial charge in [0.15, 0.2) is 5.13 Å². The molecule has 0 aliphatic rings. The third-order valence-electron chi connectivity index (χ3n) is 1.87. The lowest BCUT2D eigenvalue weighted by atomic mass is 10.2. The molecule has 6 heteroatoms.